The normalized spacial score (nSPS) is 10.2. The maximum Gasteiger partial charge on any atom is 0.258 e. The highest BCUT2D eigenvalue weighted by molar-refractivity contribution is 6.06. The molecule has 0 aromatic heterocycles. The van der Waals surface area contributed by atoms with Gasteiger partial charge in [-0.15, -0.1) is 0 Å². The fraction of sp³-hybridized carbons (Fsp3) is 0.278. The summed E-state index contributed by atoms with van der Waals surface area (Å²) in [6.45, 7) is 2.28. The smallest absolute Gasteiger partial charge is 0.258 e. The second-order valence-electron chi connectivity index (χ2n) is 4.94. The number of amides is 1. The monoisotopic (exact) mass is 333 g/mol. The van der Waals surface area contributed by atoms with Crippen molar-refractivity contribution < 1.29 is 23.4 Å². The molecule has 24 heavy (non-hydrogen) atoms. The minimum Gasteiger partial charge on any atom is -0.493 e. The highest BCUT2D eigenvalue weighted by Crippen LogP contribution is 2.38. The lowest BCUT2D eigenvalue weighted by atomic mass is 10.1. The third-order valence-corrected chi connectivity index (χ3v) is 3.61. The first-order valence-corrected chi connectivity index (χ1v) is 7.43. The van der Waals surface area contributed by atoms with Gasteiger partial charge in [0, 0.05) is 17.8 Å². The third-order valence-electron chi connectivity index (χ3n) is 3.61. The number of hydrogen-bond acceptors (Lipinski definition) is 4. The van der Waals surface area contributed by atoms with Crippen LogP contribution in [0.5, 0.6) is 17.2 Å². The van der Waals surface area contributed by atoms with Crippen molar-refractivity contribution in [2.45, 2.75) is 6.92 Å². The van der Waals surface area contributed by atoms with Crippen LogP contribution < -0.4 is 19.1 Å². The van der Waals surface area contributed by atoms with E-state index in [9.17, 15) is 9.18 Å². The molecule has 2 aromatic rings. The molecule has 0 aliphatic rings. The zero-order chi connectivity index (χ0) is 17.7. The molecule has 5 nitrogen and oxygen atoms in total. The second-order valence-corrected chi connectivity index (χ2v) is 4.94. The van der Waals surface area contributed by atoms with Crippen LogP contribution in [0.15, 0.2) is 36.4 Å². The SMILES string of the molecule is CCN(C(=O)c1cc(OC)c(OC)c(OC)c1)c1ccc(F)cc1. The predicted molar refractivity (Wildman–Crippen MR) is 89.8 cm³/mol. The molecule has 0 radical (unpaired) electrons. The average Bonchev–Trinajstić information content (AvgIpc) is 2.62. The summed E-state index contributed by atoms with van der Waals surface area (Å²) in [5.41, 5.74) is 0.994. The van der Waals surface area contributed by atoms with Gasteiger partial charge in [-0.1, -0.05) is 0 Å². The first-order valence-electron chi connectivity index (χ1n) is 7.43. The number of nitrogens with zero attached hydrogens (tertiary/aromatic N) is 1. The van der Waals surface area contributed by atoms with Gasteiger partial charge in [-0.3, -0.25) is 4.79 Å². The van der Waals surface area contributed by atoms with Gasteiger partial charge in [-0.05, 0) is 43.3 Å². The van der Waals surface area contributed by atoms with Gasteiger partial charge in [0.2, 0.25) is 5.75 Å². The number of halogens is 1. The van der Waals surface area contributed by atoms with Crippen LogP contribution in [-0.4, -0.2) is 33.8 Å². The summed E-state index contributed by atoms with van der Waals surface area (Å²) >= 11 is 0. The summed E-state index contributed by atoms with van der Waals surface area (Å²) in [4.78, 5) is 14.4. The predicted octanol–water partition coefficient (Wildman–Crippen LogP) is 3.52. The van der Waals surface area contributed by atoms with Crippen molar-refractivity contribution in [3.63, 3.8) is 0 Å². The van der Waals surface area contributed by atoms with E-state index in [0.717, 1.165) is 0 Å². The van der Waals surface area contributed by atoms with Gasteiger partial charge < -0.3 is 19.1 Å². The van der Waals surface area contributed by atoms with E-state index in [-0.39, 0.29) is 11.7 Å². The Morgan fingerprint density at radius 3 is 1.96 bits per heavy atom. The van der Waals surface area contributed by atoms with E-state index in [4.69, 9.17) is 14.2 Å². The van der Waals surface area contributed by atoms with Gasteiger partial charge >= 0.3 is 0 Å². The van der Waals surface area contributed by atoms with E-state index in [0.29, 0.717) is 35.0 Å². The van der Waals surface area contributed by atoms with Crippen molar-refractivity contribution in [2.75, 3.05) is 32.8 Å². The van der Waals surface area contributed by atoms with Crippen LogP contribution in [0.2, 0.25) is 0 Å². The van der Waals surface area contributed by atoms with Crippen LogP contribution in [0.3, 0.4) is 0 Å². The lowest BCUT2D eigenvalue weighted by Gasteiger charge is -2.22. The van der Waals surface area contributed by atoms with Crippen molar-refractivity contribution in [1.29, 1.82) is 0 Å². The minimum absolute atomic E-state index is 0.247. The van der Waals surface area contributed by atoms with Gasteiger partial charge in [0.25, 0.3) is 5.91 Å². The molecular formula is C18H20FNO4. The van der Waals surface area contributed by atoms with Gasteiger partial charge in [-0.25, -0.2) is 4.39 Å². The van der Waals surface area contributed by atoms with Crippen LogP contribution in [0, 0.1) is 5.82 Å². The molecule has 6 heteroatoms. The summed E-state index contributed by atoms with van der Waals surface area (Å²) in [5.74, 6) is 0.616. The van der Waals surface area contributed by atoms with Crippen molar-refractivity contribution in [1.82, 2.24) is 0 Å². The Morgan fingerprint density at radius 2 is 1.54 bits per heavy atom. The Labute approximate surface area is 140 Å². The summed E-state index contributed by atoms with van der Waals surface area (Å²) in [7, 11) is 4.48. The van der Waals surface area contributed by atoms with Gasteiger partial charge in [0.05, 0.1) is 21.3 Å². The largest absolute Gasteiger partial charge is 0.493 e. The standard InChI is InChI=1S/C18H20FNO4/c1-5-20(14-8-6-13(19)7-9-14)18(21)12-10-15(22-2)17(24-4)16(11-12)23-3/h6-11H,5H2,1-4H3. The molecule has 0 atom stereocenters. The molecule has 2 aromatic carbocycles. The lowest BCUT2D eigenvalue weighted by Crippen LogP contribution is -2.30. The molecular weight excluding hydrogens is 313 g/mol. The van der Waals surface area contributed by atoms with E-state index < -0.39 is 0 Å². The first-order chi connectivity index (χ1) is 11.5. The maximum atomic E-state index is 13.1. The zero-order valence-electron chi connectivity index (χ0n) is 14.1. The molecule has 128 valence electrons. The van der Waals surface area contributed by atoms with E-state index in [1.165, 1.54) is 33.5 Å². The van der Waals surface area contributed by atoms with Crippen LogP contribution in [0.25, 0.3) is 0 Å². The van der Waals surface area contributed by atoms with Crippen molar-refractivity contribution in [2.24, 2.45) is 0 Å². The Kier molecular flexibility index (Phi) is 5.63. The summed E-state index contributed by atoms with van der Waals surface area (Å²) < 4.78 is 28.9. The number of benzene rings is 2. The summed E-state index contributed by atoms with van der Waals surface area (Å²) in [5, 5.41) is 0. The summed E-state index contributed by atoms with van der Waals surface area (Å²) in [6, 6.07) is 8.95. The first kappa shape index (κ1) is 17.6. The lowest BCUT2D eigenvalue weighted by molar-refractivity contribution is 0.0987. The zero-order valence-corrected chi connectivity index (χ0v) is 14.1. The Hall–Kier alpha value is -2.76. The van der Waals surface area contributed by atoms with Crippen LogP contribution in [0.4, 0.5) is 10.1 Å². The molecule has 1 amide bonds. The highest BCUT2D eigenvalue weighted by atomic mass is 19.1. The van der Waals surface area contributed by atoms with E-state index >= 15 is 0 Å². The van der Waals surface area contributed by atoms with E-state index in [1.807, 2.05) is 6.92 Å². The fourth-order valence-electron chi connectivity index (χ4n) is 2.42. The highest BCUT2D eigenvalue weighted by Gasteiger charge is 2.21. The Bertz CT molecular complexity index is 690. The Balaban J connectivity index is 2.45. The molecule has 0 unspecified atom stereocenters. The van der Waals surface area contributed by atoms with Crippen LogP contribution in [0.1, 0.15) is 17.3 Å². The molecule has 0 N–H and O–H groups in total. The van der Waals surface area contributed by atoms with Crippen molar-refractivity contribution in [3.8, 4) is 17.2 Å². The quantitative estimate of drug-likeness (QED) is 0.811. The van der Waals surface area contributed by atoms with Gasteiger partial charge in [0.1, 0.15) is 5.82 Å². The molecule has 0 saturated carbocycles. The van der Waals surface area contributed by atoms with Crippen LogP contribution >= 0.6 is 0 Å². The second kappa shape index (κ2) is 7.68. The number of carbonyl (C=O) groups is 1. The number of carbonyl (C=O) groups excluding carboxylic acids is 1. The van der Waals surface area contributed by atoms with Crippen molar-refractivity contribution >= 4 is 11.6 Å². The molecule has 0 bridgehead atoms. The molecule has 0 saturated heterocycles. The molecule has 0 spiro atoms. The Morgan fingerprint density at radius 1 is 1.00 bits per heavy atom. The third kappa shape index (κ3) is 3.42. The molecule has 2 rings (SSSR count). The van der Waals surface area contributed by atoms with Crippen LogP contribution in [-0.2, 0) is 0 Å². The number of anilines is 1. The van der Waals surface area contributed by atoms with Crippen molar-refractivity contribution in [3.05, 3.63) is 47.8 Å². The maximum absolute atomic E-state index is 13.1. The average molecular weight is 333 g/mol. The number of methoxy groups -OCH3 is 3. The molecule has 0 aliphatic heterocycles. The number of ether oxygens (including phenoxy) is 3. The number of rotatable bonds is 6. The van der Waals surface area contributed by atoms with Gasteiger partial charge in [-0.2, -0.15) is 0 Å². The fourth-order valence-corrected chi connectivity index (χ4v) is 2.42. The minimum atomic E-state index is -0.352. The van der Waals surface area contributed by atoms with Gasteiger partial charge in [0.15, 0.2) is 11.5 Å². The molecule has 0 heterocycles. The molecule has 0 aliphatic carbocycles. The van der Waals surface area contributed by atoms with E-state index in [1.54, 1.807) is 29.2 Å². The summed E-state index contributed by atoms with van der Waals surface area (Å²) in [6.07, 6.45) is 0. The molecule has 0 fully saturated rings. The number of hydrogen-bond donors (Lipinski definition) is 0. The van der Waals surface area contributed by atoms with E-state index in [2.05, 4.69) is 0 Å². The topological polar surface area (TPSA) is 48.0 Å².